The topological polar surface area (TPSA) is 169 Å². The SMILES string of the molecule is CCOC(=O)[C@H](Cc1ccccc1)NC(=O)CC[C@@H]1C[C@@H](OC(=O)NCc2cccc3c2OCO3)C[C@@]2(CCC[C@H](COC(=O)NCCC(C)C)O2)O1. The molecule has 14 nitrogen and oxygen atoms in total. The highest BCUT2D eigenvalue weighted by molar-refractivity contribution is 5.84. The van der Waals surface area contributed by atoms with Crippen LogP contribution >= 0.6 is 0 Å². The van der Waals surface area contributed by atoms with Gasteiger partial charge in [-0.1, -0.05) is 56.3 Å². The molecule has 53 heavy (non-hydrogen) atoms. The van der Waals surface area contributed by atoms with E-state index in [1.165, 1.54) is 0 Å². The molecule has 0 saturated carbocycles. The lowest BCUT2D eigenvalue weighted by molar-refractivity contribution is -0.329. The maximum absolute atomic E-state index is 13.3. The number of carbonyl (C=O) groups is 4. The van der Waals surface area contributed by atoms with Crippen LogP contribution in [0.5, 0.6) is 11.5 Å². The van der Waals surface area contributed by atoms with Crippen LogP contribution in [-0.2, 0) is 46.2 Å². The van der Waals surface area contributed by atoms with Crippen molar-refractivity contribution >= 4 is 24.1 Å². The first-order valence-corrected chi connectivity index (χ1v) is 18.7. The van der Waals surface area contributed by atoms with E-state index < -0.39 is 48.3 Å². The molecular weight excluding hydrogens is 686 g/mol. The van der Waals surface area contributed by atoms with E-state index in [4.69, 9.17) is 33.2 Å². The Kier molecular flexibility index (Phi) is 14.6. The van der Waals surface area contributed by atoms with Gasteiger partial charge in [0.25, 0.3) is 0 Å². The van der Waals surface area contributed by atoms with Crippen LogP contribution in [-0.4, -0.2) is 80.8 Å². The Morgan fingerprint density at radius 1 is 0.943 bits per heavy atom. The van der Waals surface area contributed by atoms with Crippen molar-refractivity contribution in [2.45, 2.75) is 115 Å². The first-order valence-electron chi connectivity index (χ1n) is 18.7. The largest absolute Gasteiger partial charge is 0.464 e. The smallest absolute Gasteiger partial charge is 0.407 e. The highest BCUT2D eigenvalue weighted by Gasteiger charge is 2.47. The molecule has 1 spiro atoms. The van der Waals surface area contributed by atoms with Crippen LogP contribution in [0, 0.1) is 5.92 Å². The van der Waals surface area contributed by atoms with Gasteiger partial charge in [0.15, 0.2) is 17.3 Å². The number of alkyl carbamates (subject to hydrolysis) is 2. The molecule has 3 N–H and O–H groups in total. The van der Waals surface area contributed by atoms with Crippen LogP contribution in [0.25, 0.3) is 0 Å². The van der Waals surface area contributed by atoms with Crippen LogP contribution < -0.4 is 25.4 Å². The van der Waals surface area contributed by atoms with E-state index in [1.54, 1.807) is 13.0 Å². The molecular formula is C39H53N3O11. The molecule has 2 saturated heterocycles. The average Bonchev–Trinajstić information content (AvgIpc) is 3.62. The molecule has 2 aromatic rings. The van der Waals surface area contributed by atoms with E-state index in [0.29, 0.717) is 43.2 Å². The standard InChI is InChI=1S/C39H53N3O11/c1-4-47-36(44)32(20-27-10-6-5-7-11-27)42-34(43)16-15-29-21-31(51-38(46)41-23-28-12-8-14-33-35(28)50-25-49-33)22-39(52-29)18-9-13-30(53-39)24-48-37(45)40-19-17-26(2)3/h5-8,10-12,14,26,29-32H,4,9,13,15-25H2,1-3H3,(H,40,45)(H,41,46)(H,42,43)/t29-,30-,31-,32+,39+/m1/s1. The van der Waals surface area contributed by atoms with E-state index in [-0.39, 0.29) is 58.1 Å². The molecule has 0 radical (unpaired) electrons. The fraction of sp³-hybridized carbons (Fsp3) is 0.590. The number of para-hydroxylation sites is 1. The monoisotopic (exact) mass is 739 g/mol. The quantitative estimate of drug-likeness (QED) is 0.151. The molecule has 3 heterocycles. The summed E-state index contributed by atoms with van der Waals surface area (Å²) in [6.45, 7) is 6.92. The number of rotatable bonds is 16. The Bertz CT molecular complexity index is 1520. The fourth-order valence-corrected chi connectivity index (χ4v) is 6.78. The van der Waals surface area contributed by atoms with Gasteiger partial charge in [-0.15, -0.1) is 0 Å². The summed E-state index contributed by atoms with van der Waals surface area (Å²) in [5.41, 5.74) is 1.64. The lowest BCUT2D eigenvalue weighted by Crippen LogP contribution is -2.54. The lowest BCUT2D eigenvalue weighted by Gasteiger charge is -2.47. The summed E-state index contributed by atoms with van der Waals surface area (Å²) in [5.74, 6) is -0.301. The van der Waals surface area contributed by atoms with E-state index >= 15 is 0 Å². The summed E-state index contributed by atoms with van der Waals surface area (Å²) in [4.78, 5) is 51.5. The minimum Gasteiger partial charge on any atom is -0.464 e. The maximum Gasteiger partial charge on any atom is 0.407 e. The van der Waals surface area contributed by atoms with Crippen molar-refractivity contribution < 1.29 is 52.3 Å². The molecule has 0 aliphatic carbocycles. The van der Waals surface area contributed by atoms with E-state index in [2.05, 4.69) is 29.8 Å². The number of hydrogen-bond donors (Lipinski definition) is 3. The summed E-state index contributed by atoms with van der Waals surface area (Å²) in [5, 5.41) is 8.42. The normalized spacial score (nSPS) is 22.5. The molecule has 3 amide bonds. The number of nitrogens with one attached hydrogen (secondary N) is 3. The van der Waals surface area contributed by atoms with Gasteiger partial charge >= 0.3 is 18.2 Å². The molecule has 2 aromatic carbocycles. The second-order valence-electron chi connectivity index (χ2n) is 14.1. The first-order chi connectivity index (χ1) is 25.6. The Hall–Kier alpha value is -4.56. The molecule has 14 heteroatoms. The fourth-order valence-electron chi connectivity index (χ4n) is 6.78. The summed E-state index contributed by atoms with van der Waals surface area (Å²) < 4.78 is 40.7. The summed E-state index contributed by atoms with van der Waals surface area (Å²) in [7, 11) is 0. The molecule has 5 atom stereocenters. The summed E-state index contributed by atoms with van der Waals surface area (Å²) in [6, 6.07) is 14.0. The molecule has 3 aliphatic rings. The van der Waals surface area contributed by atoms with Gasteiger partial charge in [-0.2, -0.15) is 0 Å². The zero-order valence-corrected chi connectivity index (χ0v) is 30.9. The Morgan fingerprint density at radius 2 is 1.75 bits per heavy atom. The Labute approximate surface area is 310 Å². The van der Waals surface area contributed by atoms with Crippen molar-refractivity contribution in [1.82, 2.24) is 16.0 Å². The number of carbonyl (C=O) groups excluding carboxylic acids is 4. The van der Waals surface area contributed by atoms with Gasteiger partial charge in [0.2, 0.25) is 12.7 Å². The van der Waals surface area contributed by atoms with Crippen LogP contribution in [0.15, 0.2) is 48.5 Å². The predicted octanol–water partition coefficient (Wildman–Crippen LogP) is 5.30. The van der Waals surface area contributed by atoms with Crippen molar-refractivity contribution in [3.8, 4) is 11.5 Å². The van der Waals surface area contributed by atoms with Gasteiger partial charge in [0.05, 0.1) is 18.8 Å². The van der Waals surface area contributed by atoms with Crippen molar-refractivity contribution in [3.63, 3.8) is 0 Å². The zero-order valence-electron chi connectivity index (χ0n) is 30.9. The summed E-state index contributed by atoms with van der Waals surface area (Å²) in [6.07, 6.45) is 1.32. The van der Waals surface area contributed by atoms with E-state index in [1.807, 2.05) is 42.5 Å². The molecule has 290 valence electrons. The van der Waals surface area contributed by atoms with Gasteiger partial charge in [-0.25, -0.2) is 14.4 Å². The Morgan fingerprint density at radius 3 is 2.55 bits per heavy atom. The maximum atomic E-state index is 13.3. The summed E-state index contributed by atoms with van der Waals surface area (Å²) >= 11 is 0. The number of amides is 3. The van der Waals surface area contributed by atoms with Crippen molar-refractivity contribution in [1.29, 1.82) is 0 Å². The van der Waals surface area contributed by atoms with Crippen LogP contribution in [0.4, 0.5) is 9.59 Å². The molecule has 0 unspecified atom stereocenters. The lowest BCUT2D eigenvalue weighted by atomic mass is 9.90. The molecule has 5 rings (SSSR count). The highest BCUT2D eigenvalue weighted by atomic mass is 16.7. The van der Waals surface area contributed by atoms with Gasteiger partial charge in [0.1, 0.15) is 18.8 Å². The second kappa shape index (κ2) is 19.5. The van der Waals surface area contributed by atoms with Gasteiger partial charge in [-0.3, -0.25) is 4.79 Å². The van der Waals surface area contributed by atoms with Crippen LogP contribution in [0.3, 0.4) is 0 Å². The van der Waals surface area contributed by atoms with E-state index in [9.17, 15) is 19.2 Å². The Balaban J connectivity index is 1.21. The van der Waals surface area contributed by atoms with Crippen molar-refractivity contribution in [2.75, 3.05) is 26.6 Å². The van der Waals surface area contributed by atoms with Crippen molar-refractivity contribution in [3.05, 3.63) is 59.7 Å². The van der Waals surface area contributed by atoms with Crippen LogP contribution in [0.2, 0.25) is 0 Å². The van der Waals surface area contributed by atoms with Gasteiger partial charge in [0, 0.05) is 50.8 Å². The molecule has 0 aromatic heterocycles. The number of fused-ring (bicyclic) bond motifs is 1. The van der Waals surface area contributed by atoms with Gasteiger partial charge in [-0.05, 0) is 50.2 Å². The number of ether oxygens (including phenoxy) is 7. The second-order valence-corrected chi connectivity index (χ2v) is 14.1. The first kappa shape index (κ1) is 39.6. The zero-order chi connectivity index (χ0) is 37.6. The van der Waals surface area contributed by atoms with Gasteiger partial charge < -0.3 is 49.1 Å². The molecule has 3 aliphatic heterocycles. The number of benzene rings is 2. The predicted molar refractivity (Wildman–Crippen MR) is 192 cm³/mol. The minimum atomic E-state index is -1.11. The third-order valence-electron chi connectivity index (χ3n) is 9.36. The molecule has 0 bridgehead atoms. The molecule has 2 fully saturated rings. The average molecular weight is 740 g/mol. The third-order valence-corrected chi connectivity index (χ3v) is 9.36. The number of hydrogen-bond acceptors (Lipinski definition) is 11. The van der Waals surface area contributed by atoms with Crippen LogP contribution in [0.1, 0.15) is 83.3 Å². The highest BCUT2D eigenvalue weighted by Crippen LogP contribution is 2.41. The third kappa shape index (κ3) is 12.2. The van der Waals surface area contributed by atoms with E-state index in [0.717, 1.165) is 24.0 Å². The van der Waals surface area contributed by atoms with Crippen molar-refractivity contribution in [2.24, 2.45) is 5.92 Å². The minimum absolute atomic E-state index is 0.0432. The number of esters is 1.